The summed E-state index contributed by atoms with van der Waals surface area (Å²) in [4.78, 5) is 4.84. The van der Waals surface area contributed by atoms with Crippen LogP contribution >= 0.6 is 0 Å². The van der Waals surface area contributed by atoms with E-state index in [0.717, 1.165) is 50.5 Å². The minimum absolute atomic E-state index is 0.770. The number of rotatable bonds is 5. The summed E-state index contributed by atoms with van der Waals surface area (Å²) in [7, 11) is 2.07. The van der Waals surface area contributed by atoms with Crippen LogP contribution in [0.1, 0.15) is 5.56 Å². The van der Waals surface area contributed by atoms with Crippen LogP contribution in [-0.4, -0.2) is 18.7 Å². The number of hydrogen-bond donors (Lipinski definition) is 0. The molecule has 0 radical (unpaired) electrons. The number of hydrogen-bond acceptors (Lipinski definition) is 2. The fourth-order valence-corrected chi connectivity index (χ4v) is 6.17. The quantitative estimate of drug-likeness (QED) is 0.198. The lowest BCUT2D eigenvalue weighted by atomic mass is 10.0. The van der Waals surface area contributed by atoms with Crippen LogP contribution < -0.4 is 4.74 Å². The maximum Gasteiger partial charge on any atom is 0.191 e. The van der Waals surface area contributed by atoms with Crippen molar-refractivity contribution in [3.05, 3.63) is 145 Å². The Kier molecular flexibility index (Phi) is 5.83. The number of imidazole rings is 1. The minimum Gasteiger partial charge on any atom is -0.456 e. The van der Waals surface area contributed by atoms with Gasteiger partial charge in [0.15, 0.2) is 17.4 Å². The molecule has 3 aromatic heterocycles. The Balaban J connectivity index is 1.23. The summed E-state index contributed by atoms with van der Waals surface area (Å²) in [5, 5.41) is 2.34. The molecule has 0 aliphatic heterocycles. The maximum absolute atomic E-state index is 6.51. The molecule has 5 nitrogen and oxygen atoms in total. The van der Waals surface area contributed by atoms with Crippen LogP contribution in [0.25, 0.3) is 55.5 Å². The summed E-state index contributed by atoms with van der Waals surface area (Å²) >= 11 is 0. The molecule has 0 saturated heterocycles. The van der Waals surface area contributed by atoms with Gasteiger partial charge in [-0.3, -0.25) is 4.57 Å². The average Bonchev–Trinajstić information content (AvgIpc) is 3.56. The first-order chi connectivity index (χ1) is 21.1. The van der Waals surface area contributed by atoms with Gasteiger partial charge in [-0.25, -0.2) is 9.55 Å². The van der Waals surface area contributed by atoms with E-state index in [4.69, 9.17) is 9.72 Å². The van der Waals surface area contributed by atoms with Crippen molar-refractivity contribution in [3.8, 4) is 34.1 Å². The Morgan fingerprint density at radius 3 is 2.26 bits per heavy atom. The second-order valence-corrected chi connectivity index (χ2v) is 10.9. The number of fused-ring (bicyclic) bond motifs is 4. The summed E-state index contributed by atoms with van der Waals surface area (Å²) in [6, 6.07) is 44.2. The zero-order valence-electron chi connectivity index (χ0n) is 24.0. The highest BCUT2D eigenvalue weighted by Gasteiger charge is 2.17. The van der Waals surface area contributed by atoms with Gasteiger partial charge < -0.3 is 4.74 Å². The van der Waals surface area contributed by atoms with E-state index in [1.54, 1.807) is 0 Å². The van der Waals surface area contributed by atoms with Crippen molar-refractivity contribution in [2.75, 3.05) is 0 Å². The van der Waals surface area contributed by atoms with Gasteiger partial charge in [-0.1, -0.05) is 42.5 Å². The SMILES string of the molecule is Cc1ccccc1-c1ccnc(-n2c3ccccc3c3ccc(Oc4cccc(-n5[cH+]n(C)c6ccccc65)c4)cc32)c1. The highest BCUT2D eigenvalue weighted by atomic mass is 16.5. The van der Waals surface area contributed by atoms with E-state index in [0.29, 0.717) is 0 Å². The molecule has 0 saturated carbocycles. The molecule has 0 atom stereocenters. The second-order valence-electron chi connectivity index (χ2n) is 10.9. The average molecular weight is 558 g/mol. The number of benzene rings is 5. The Morgan fingerprint density at radius 1 is 0.628 bits per heavy atom. The minimum atomic E-state index is 0.770. The van der Waals surface area contributed by atoms with Crippen LogP contribution in [0, 0.1) is 6.92 Å². The molecule has 0 N–H and O–H groups in total. The van der Waals surface area contributed by atoms with Crippen LogP contribution in [0.4, 0.5) is 0 Å². The molecule has 0 fully saturated rings. The predicted octanol–water partition coefficient (Wildman–Crippen LogP) is 9.51. The maximum atomic E-state index is 6.51. The highest BCUT2D eigenvalue weighted by Crippen LogP contribution is 2.36. The highest BCUT2D eigenvalue weighted by molar-refractivity contribution is 6.09. The molecule has 0 aliphatic rings. The van der Waals surface area contributed by atoms with Crippen molar-refractivity contribution in [1.29, 1.82) is 0 Å². The molecule has 8 aromatic rings. The molecule has 43 heavy (non-hydrogen) atoms. The van der Waals surface area contributed by atoms with E-state index < -0.39 is 0 Å². The standard InChI is InChI=1S/C38H29N4O/c1-26-10-3-4-13-31(26)27-20-21-39-38(22-27)42-34-15-6-5-14-32(34)33-19-18-30(24-37(33)42)43-29-12-9-11-28(23-29)41-25-40(2)35-16-7-8-17-36(35)41/h3-25H,1-2H3/q+1. The number of aryl methyl sites for hydroxylation is 2. The van der Waals surface area contributed by atoms with E-state index in [1.165, 1.54) is 22.0 Å². The second kappa shape index (κ2) is 10.00. The Morgan fingerprint density at radius 2 is 1.37 bits per heavy atom. The van der Waals surface area contributed by atoms with E-state index in [2.05, 4.69) is 143 Å². The summed E-state index contributed by atoms with van der Waals surface area (Å²) in [6.07, 6.45) is 4.00. The molecule has 206 valence electrons. The van der Waals surface area contributed by atoms with Gasteiger partial charge in [-0.05, 0) is 78.2 Å². The lowest BCUT2D eigenvalue weighted by molar-refractivity contribution is 0.483. The fraction of sp³-hybridized carbons (Fsp3) is 0.0526. The summed E-state index contributed by atoms with van der Waals surface area (Å²) in [5.41, 5.74) is 9.11. The largest absolute Gasteiger partial charge is 0.456 e. The first-order valence-corrected chi connectivity index (χ1v) is 14.4. The van der Waals surface area contributed by atoms with Gasteiger partial charge in [0.2, 0.25) is 0 Å². The zero-order valence-corrected chi connectivity index (χ0v) is 24.0. The smallest absolute Gasteiger partial charge is 0.191 e. The third-order valence-corrected chi connectivity index (χ3v) is 8.22. The van der Waals surface area contributed by atoms with Crippen molar-refractivity contribution >= 4 is 32.8 Å². The molecular weight excluding hydrogens is 528 g/mol. The van der Waals surface area contributed by atoms with Crippen molar-refractivity contribution < 1.29 is 4.74 Å². The van der Waals surface area contributed by atoms with Crippen LogP contribution in [0.5, 0.6) is 11.5 Å². The van der Waals surface area contributed by atoms with Gasteiger partial charge in [-0.2, -0.15) is 4.57 Å². The molecule has 3 heterocycles. The Hall–Kier alpha value is -5.68. The lowest BCUT2D eigenvalue weighted by Gasteiger charge is -2.11. The van der Waals surface area contributed by atoms with E-state index in [9.17, 15) is 0 Å². The monoisotopic (exact) mass is 557 g/mol. The number of aromatic nitrogens is 4. The molecule has 5 aromatic carbocycles. The summed E-state index contributed by atoms with van der Waals surface area (Å²) < 4.78 is 13.1. The third-order valence-electron chi connectivity index (χ3n) is 8.22. The topological polar surface area (TPSA) is 36.9 Å². The first kappa shape index (κ1) is 25.1. The lowest BCUT2D eigenvalue weighted by Crippen LogP contribution is -1.98. The van der Waals surface area contributed by atoms with Crippen molar-refractivity contribution in [2.24, 2.45) is 7.05 Å². The molecule has 0 spiro atoms. The van der Waals surface area contributed by atoms with Crippen LogP contribution in [0.15, 0.2) is 140 Å². The van der Waals surface area contributed by atoms with E-state index in [1.807, 2.05) is 24.4 Å². The molecule has 8 rings (SSSR count). The van der Waals surface area contributed by atoms with Crippen molar-refractivity contribution in [1.82, 2.24) is 18.7 Å². The van der Waals surface area contributed by atoms with Crippen LogP contribution in [0.2, 0.25) is 0 Å². The van der Waals surface area contributed by atoms with E-state index >= 15 is 0 Å². The first-order valence-electron chi connectivity index (χ1n) is 14.4. The molecule has 0 bridgehead atoms. The molecule has 5 heteroatoms. The van der Waals surface area contributed by atoms with Crippen LogP contribution in [0.3, 0.4) is 0 Å². The summed E-state index contributed by atoms with van der Waals surface area (Å²) in [6.45, 7) is 2.15. The number of pyridine rings is 1. The van der Waals surface area contributed by atoms with E-state index in [-0.39, 0.29) is 0 Å². The summed E-state index contributed by atoms with van der Waals surface area (Å²) in [5.74, 6) is 2.42. The van der Waals surface area contributed by atoms with Gasteiger partial charge in [0, 0.05) is 54.3 Å². The predicted molar refractivity (Wildman–Crippen MR) is 175 cm³/mol. The number of para-hydroxylation sites is 3. The van der Waals surface area contributed by atoms with Gasteiger partial charge in [-0.15, -0.1) is 0 Å². The Bertz CT molecular complexity index is 2310. The Labute approximate surface area is 249 Å². The van der Waals surface area contributed by atoms with Crippen molar-refractivity contribution in [3.63, 3.8) is 0 Å². The fourth-order valence-electron chi connectivity index (χ4n) is 6.17. The molecule has 0 amide bonds. The van der Waals surface area contributed by atoms with Gasteiger partial charge in [0.25, 0.3) is 0 Å². The normalized spacial score (nSPS) is 11.5. The van der Waals surface area contributed by atoms with Gasteiger partial charge in [0.1, 0.15) is 23.0 Å². The molecule has 0 aliphatic carbocycles. The zero-order chi connectivity index (χ0) is 28.9. The van der Waals surface area contributed by atoms with Gasteiger partial charge >= 0.3 is 0 Å². The van der Waals surface area contributed by atoms with Gasteiger partial charge in [0.05, 0.1) is 11.0 Å². The number of ether oxygens (including phenoxy) is 1. The van der Waals surface area contributed by atoms with Crippen LogP contribution in [-0.2, 0) is 7.05 Å². The molecule has 0 unspecified atom stereocenters. The third kappa shape index (κ3) is 4.25. The van der Waals surface area contributed by atoms with Crippen molar-refractivity contribution in [2.45, 2.75) is 6.92 Å². The number of nitrogens with zero attached hydrogens (tertiary/aromatic N) is 4. The molecular formula is C38H29N4O+.